The second-order valence-electron chi connectivity index (χ2n) is 7.43. The van der Waals surface area contributed by atoms with Crippen molar-refractivity contribution in [2.75, 3.05) is 38.2 Å². The summed E-state index contributed by atoms with van der Waals surface area (Å²) in [7, 11) is 1.69. The lowest BCUT2D eigenvalue weighted by Gasteiger charge is -2.37. The van der Waals surface area contributed by atoms with E-state index >= 15 is 0 Å². The first-order valence-corrected chi connectivity index (χ1v) is 10.9. The van der Waals surface area contributed by atoms with Crippen LogP contribution in [0.25, 0.3) is 4.96 Å². The highest BCUT2D eigenvalue weighted by Gasteiger charge is 2.34. The van der Waals surface area contributed by atoms with Gasteiger partial charge in [-0.15, -0.1) is 0 Å². The lowest BCUT2D eigenvalue weighted by molar-refractivity contribution is -0.925. The van der Waals surface area contributed by atoms with Crippen molar-refractivity contribution >= 4 is 22.0 Å². The molecule has 154 valence electrons. The van der Waals surface area contributed by atoms with Crippen LogP contribution in [0.5, 0.6) is 11.6 Å². The fourth-order valence-electron chi connectivity index (χ4n) is 4.23. The van der Waals surface area contributed by atoms with Crippen molar-refractivity contribution in [1.29, 1.82) is 0 Å². The Bertz CT molecular complexity index is 1120. The van der Waals surface area contributed by atoms with E-state index in [0.717, 1.165) is 41.8 Å². The summed E-state index contributed by atoms with van der Waals surface area (Å²) in [4.78, 5) is 9.76. The van der Waals surface area contributed by atoms with E-state index in [4.69, 9.17) is 4.74 Å². The van der Waals surface area contributed by atoms with Gasteiger partial charge in [-0.25, -0.2) is 4.98 Å². The van der Waals surface area contributed by atoms with Crippen molar-refractivity contribution in [3.8, 4) is 11.6 Å². The number of nitrogens with zero attached hydrogens (tertiary/aromatic N) is 4. The van der Waals surface area contributed by atoms with Gasteiger partial charge in [0.1, 0.15) is 17.0 Å². The van der Waals surface area contributed by atoms with Crippen molar-refractivity contribution < 1.29 is 14.7 Å². The molecule has 2 aromatic carbocycles. The van der Waals surface area contributed by atoms with Crippen LogP contribution in [0.15, 0.2) is 60.9 Å². The van der Waals surface area contributed by atoms with Crippen LogP contribution in [0.1, 0.15) is 16.5 Å². The van der Waals surface area contributed by atoms with Gasteiger partial charge in [0.15, 0.2) is 6.04 Å². The molecule has 1 aliphatic rings. The van der Waals surface area contributed by atoms with Crippen LogP contribution >= 0.6 is 11.3 Å². The smallest absolute Gasteiger partial charge is 0.235 e. The summed E-state index contributed by atoms with van der Waals surface area (Å²) in [6.45, 7) is 3.84. The number of piperazine rings is 1. The van der Waals surface area contributed by atoms with Crippen LogP contribution in [-0.4, -0.2) is 53.0 Å². The van der Waals surface area contributed by atoms with E-state index in [1.165, 1.54) is 38.3 Å². The Kier molecular flexibility index (Phi) is 5.02. The minimum Gasteiger partial charge on any atom is -0.497 e. The summed E-state index contributed by atoms with van der Waals surface area (Å²) >= 11 is 1.52. The molecule has 0 spiro atoms. The summed E-state index contributed by atoms with van der Waals surface area (Å²) in [6.07, 6.45) is 1.48. The van der Waals surface area contributed by atoms with Gasteiger partial charge in [0, 0.05) is 11.3 Å². The van der Waals surface area contributed by atoms with Gasteiger partial charge >= 0.3 is 0 Å². The van der Waals surface area contributed by atoms with E-state index < -0.39 is 0 Å². The second-order valence-corrected chi connectivity index (χ2v) is 8.44. The molecule has 0 bridgehead atoms. The third-order valence-electron chi connectivity index (χ3n) is 5.79. The van der Waals surface area contributed by atoms with E-state index in [1.807, 2.05) is 18.2 Å². The number of aromatic nitrogens is 3. The Morgan fingerprint density at radius 1 is 1.07 bits per heavy atom. The average Bonchev–Trinajstić information content (AvgIpc) is 3.39. The minimum atomic E-state index is 0.0534. The standard InChI is InChI=1S/C22H23N5O2S/c1-29-18-9-7-17(8-10-18)25-11-13-26(14-12-25)19(16-5-3-2-4-6-16)20-21(28)27-22(30-20)23-15-24-27/h2-10,15,19,28H,11-14H2,1H3/p+1/t19-/m1/s1. The van der Waals surface area contributed by atoms with E-state index in [9.17, 15) is 5.11 Å². The molecule has 1 fully saturated rings. The first-order chi connectivity index (χ1) is 14.7. The third kappa shape index (κ3) is 3.38. The van der Waals surface area contributed by atoms with Crippen LogP contribution in [-0.2, 0) is 0 Å². The minimum absolute atomic E-state index is 0.0534. The zero-order chi connectivity index (χ0) is 20.5. The summed E-state index contributed by atoms with van der Waals surface area (Å²) in [6, 6.07) is 18.7. The molecule has 0 radical (unpaired) electrons. The molecule has 5 rings (SSSR count). The fourth-order valence-corrected chi connectivity index (χ4v) is 5.35. The van der Waals surface area contributed by atoms with Crippen LogP contribution in [0.3, 0.4) is 0 Å². The number of anilines is 1. The molecule has 0 amide bonds. The van der Waals surface area contributed by atoms with Crippen molar-refractivity contribution in [3.63, 3.8) is 0 Å². The Hall–Kier alpha value is -3.10. The largest absolute Gasteiger partial charge is 0.497 e. The number of aromatic hydroxyl groups is 1. The van der Waals surface area contributed by atoms with Crippen LogP contribution < -0.4 is 14.5 Å². The quantitative estimate of drug-likeness (QED) is 0.515. The maximum atomic E-state index is 10.9. The lowest BCUT2D eigenvalue weighted by atomic mass is 10.0. The Balaban J connectivity index is 1.41. The van der Waals surface area contributed by atoms with Crippen molar-refractivity contribution in [2.24, 2.45) is 0 Å². The van der Waals surface area contributed by atoms with Crippen molar-refractivity contribution in [3.05, 3.63) is 71.4 Å². The number of hydrogen-bond donors (Lipinski definition) is 2. The average molecular weight is 423 g/mol. The number of methoxy groups -OCH3 is 1. The van der Waals surface area contributed by atoms with Gasteiger partial charge in [-0.05, 0) is 24.3 Å². The molecule has 8 heteroatoms. The predicted molar refractivity (Wildman–Crippen MR) is 117 cm³/mol. The van der Waals surface area contributed by atoms with Gasteiger partial charge in [0.25, 0.3) is 0 Å². The molecule has 1 saturated heterocycles. The summed E-state index contributed by atoms with van der Waals surface area (Å²) in [5.41, 5.74) is 2.41. The third-order valence-corrected chi connectivity index (χ3v) is 6.88. The van der Waals surface area contributed by atoms with Gasteiger partial charge in [0.05, 0.1) is 33.3 Å². The van der Waals surface area contributed by atoms with Crippen LogP contribution in [0.2, 0.25) is 0 Å². The fraction of sp³-hybridized carbons (Fsp3) is 0.273. The van der Waals surface area contributed by atoms with Crippen LogP contribution in [0.4, 0.5) is 5.69 Å². The van der Waals surface area contributed by atoms with E-state index in [2.05, 4.69) is 51.4 Å². The number of fused-ring (bicyclic) bond motifs is 1. The Labute approximate surface area is 178 Å². The monoisotopic (exact) mass is 422 g/mol. The van der Waals surface area contributed by atoms with E-state index in [-0.39, 0.29) is 11.9 Å². The molecule has 1 atom stereocenters. The Morgan fingerprint density at radius 2 is 1.80 bits per heavy atom. The zero-order valence-corrected chi connectivity index (χ0v) is 17.5. The number of rotatable bonds is 5. The molecule has 0 aliphatic carbocycles. The Morgan fingerprint density at radius 3 is 2.47 bits per heavy atom. The number of thiazole rings is 1. The molecule has 30 heavy (non-hydrogen) atoms. The van der Waals surface area contributed by atoms with Gasteiger partial charge in [-0.3, -0.25) is 0 Å². The number of benzene rings is 2. The lowest BCUT2D eigenvalue weighted by Crippen LogP contribution is -3.15. The number of nitrogens with one attached hydrogen (secondary N) is 1. The first-order valence-electron chi connectivity index (χ1n) is 10.0. The molecule has 4 aromatic rings. The van der Waals surface area contributed by atoms with Crippen LogP contribution in [0, 0.1) is 0 Å². The van der Waals surface area contributed by atoms with Crippen molar-refractivity contribution in [1.82, 2.24) is 14.6 Å². The molecule has 3 heterocycles. The molecule has 0 unspecified atom stereocenters. The number of quaternary nitrogens is 1. The highest BCUT2D eigenvalue weighted by Crippen LogP contribution is 2.34. The maximum Gasteiger partial charge on any atom is 0.235 e. The maximum absolute atomic E-state index is 10.9. The first kappa shape index (κ1) is 18.9. The molecule has 0 saturated carbocycles. The molecule has 2 N–H and O–H groups in total. The molecule has 7 nitrogen and oxygen atoms in total. The predicted octanol–water partition coefficient (Wildman–Crippen LogP) is 2.00. The second kappa shape index (κ2) is 7.97. The number of ether oxygens (including phenoxy) is 1. The van der Waals surface area contributed by atoms with Gasteiger partial charge < -0.3 is 19.6 Å². The molecular weight excluding hydrogens is 398 g/mol. The zero-order valence-electron chi connectivity index (χ0n) is 16.7. The highest BCUT2D eigenvalue weighted by molar-refractivity contribution is 7.17. The SMILES string of the molecule is COc1ccc(N2CC[NH+]([C@H](c3ccccc3)c3sc4ncnn4c3O)CC2)cc1. The van der Waals surface area contributed by atoms with Gasteiger partial charge in [-0.2, -0.15) is 9.61 Å². The number of hydrogen-bond acceptors (Lipinski definition) is 6. The molecular formula is C22H24N5O2S+. The van der Waals surface area contributed by atoms with E-state index in [1.54, 1.807) is 7.11 Å². The molecule has 2 aromatic heterocycles. The summed E-state index contributed by atoms with van der Waals surface area (Å²) in [5.74, 6) is 1.07. The molecule has 1 aliphatic heterocycles. The topological polar surface area (TPSA) is 67.3 Å². The summed E-state index contributed by atoms with van der Waals surface area (Å²) in [5, 5.41) is 15.0. The normalized spacial score (nSPS) is 16.1. The highest BCUT2D eigenvalue weighted by atomic mass is 32.1. The van der Waals surface area contributed by atoms with E-state index in [0.29, 0.717) is 0 Å². The van der Waals surface area contributed by atoms with Gasteiger partial charge in [-0.1, -0.05) is 41.7 Å². The van der Waals surface area contributed by atoms with Crippen molar-refractivity contribution in [2.45, 2.75) is 6.04 Å². The summed E-state index contributed by atoms with van der Waals surface area (Å²) < 4.78 is 6.81. The van der Waals surface area contributed by atoms with Gasteiger partial charge in [0.2, 0.25) is 10.8 Å².